The first-order valence-corrected chi connectivity index (χ1v) is 12.6. The summed E-state index contributed by atoms with van der Waals surface area (Å²) in [4.78, 5) is 0. The first-order chi connectivity index (χ1) is 18.2. The Balaban J connectivity index is 1.61. The van der Waals surface area contributed by atoms with Crippen molar-refractivity contribution in [3.05, 3.63) is 115 Å². The number of hydrogen-bond acceptors (Lipinski definition) is 2. The zero-order valence-electron chi connectivity index (χ0n) is 19.9. The molecule has 0 aromatic heterocycles. The van der Waals surface area contributed by atoms with Gasteiger partial charge in [0, 0.05) is 0 Å². The van der Waals surface area contributed by atoms with Gasteiger partial charge in [0.25, 0.3) is 0 Å². The lowest BCUT2D eigenvalue weighted by molar-refractivity contribution is 0.426. The van der Waals surface area contributed by atoms with Crippen molar-refractivity contribution >= 4 is 77.2 Å². The van der Waals surface area contributed by atoms with Crippen LogP contribution in [0.25, 0.3) is 75.8 Å². The normalized spacial score (nSPS) is 12.1. The van der Waals surface area contributed by atoms with Gasteiger partial charge in [0.15, 0.2) is 0 Å². The van der Waals surface area contributed by atoms with Gasteiger partial charge in [-0.2, -0.15) is 0 Å². The minimum Gasteiger partial charge on any atom is -0.423 e. The summed E-state index contributed by atoms with van der Waals surface area (Å²) in [7, 11) is -1.56. The Morgan fingerprint density at radius 2 is 0.838 bits per heavy atom. The van der Waals surface area contributed by atoms with Crippen molar-refractivity contribution in [1.82, 2.24) is 0 Å². The average Bonchev–Trinajstić information content (AvgIpc) is 2.94. The van der Waals surface area contributed by atoms with E-state index in [1.54, 1.807) is 0 Å². The predicted octanol–water partition coefficient (Wildman–Crippen LogP) is 7.39. The van der Waals surface area contributed by atoms with Gasteiger partial charge >= 0.3 is 7.12 Å². The molecule has 8 aromatic carbocycles. The van der Waals surface area contributed by atoms with E-state index in [-0.39, 0.29) is 0 Å². The van der Waals surface area contributed by atoms with Gasteiger partial charge in [-0.15, -0.1) is 0 Å². The smallest absolute Gasteiger partial charge is 0.423 e. The summed E-state index contributed by atoms with van der Waals surface area (Å²) in [5.74, 6) is 0. The van der Waals surface area contributed by atoms with Gasteiger partial charge in [-0.1, -0.05) is 115 Å². The number of hydrogen-bond donors (Lipinski definition) is 2. The third-order valence-corrected chi connectivity index (χ3v) is 8.03. The molecule has 0 fully saturated rings. The molecule has 37 heavy (non-hydrogen) atoms. The molecule has 0 saturated carbocycles. The van der Waals surface area contributed by atoms with Crippen LogP contribution in [0.1, 0.15) is 0 Å². The monoisotopic (exact) mass is 472 g/mol. The molecular weight excluding hydrogens is 451 g/mol. The molecular formula is C34H21BO2. The largest absolute Gasteiger partial charge is 0.489 e. The quantitative estimate of drug-likeness (QED) is 0.156. The maximum Gasteiger partial charge on any atom is 0.489 e. The Labute approximate surface area is 213 Å². The highest BCUT2D eigenvalue weighted by Gasteiger charge is 2.23. The second-order valence-electron chi connectivity index (χ2n) is 9.85. The summed E-state index contributed by atoms with van der Waals surface area (Å²) in [5, 5.41) is 34.6. The zero-order chi connectivity index (χ0) is 24.7. The Morgan fingerprint density at radius 3 is 1.43 bits per heavy atom. The molecule has 0 aliphatic carbocycles. The molecule has 0 aliphatic rings. The molecule has 0 radical (unpaired) electrons. The molecule has 0 aliphatic heterocycles. The first-order valence-electron chi connectivity index (χ1n) is 12.6. The fourth-order valence-electron chi connectivity index (χ4n) is 6.59. The van der Waals surface area contributed by atoms with E-state index in [2.05, 4.69) is 78.9 Å². The van der Waals surface area contributed by atoms with Crippen LogP contribution in [0.3, 0.4) is 0 Å². The summed E-state index contributed by atoms with van der Waals surface area (Å²) in [6.45, 7) is 0. The summed E-state index contributed by atoms with van der Waals surface area (Å²) < 4.78 is 0. The molecule has 0 saturated heterocycles. The van der Waals surface area contributed by atoms with Gasteiger partial charge in [-0.3, -0.25) is 0 Å². The Bertz CT molecular complexity index is 2070. The predicted molar refractivity (Wildman–Crippen MR) is 158 cm³/mol. The minimum absolute atomic E-state index is 0.554. The van der Waals surface area contributed by atoms with Crippen molar-refractivity contribution in [3.8, 4) is 11.1 Å². The van der Waals surface area contributed by atoms with Crippen LogP contribution in [0.4, 0.5) is 0 Å². The molecule has 0 spiro atoms. The van der Waals surface area contributed by atoms with Gasteiger partial charge in [0.05, 0.1) is 0 Å². The molecule has 2 N–H and O–H groups in total. The average molecular weight is 472 g/mol. The maximum absolute atomic E-state index is 10.4. The van der Waals surface area contributed by atoms with Crippen molar-refractivity contribution in [2.75, 3.05) is 0 Å². The van der Waals surface area contributed by atoms with Crippen molar-refractivity contribution < 1.29 is 10.0 Å². The second kappa shape index (κ2) is 7.53. The van der Waals surface area contributed by atoms with Crippen LogP contribution in [0.2, 0.25) is 0 Å². The summed E-state index contributed by atoms with van der Waals surface area (Å²) >= 11 is 0. The van der Waals surface area contributed by atoms with Crippen molar-refractivity contribution in [2.24, 2.45) is 0 Å². The van der Waals surface area contributed by atoms with E-state index < -0.39 is 7.12 Å². The molecule has 0 atom stereocenters. The summed E-state index contributed by atoms with van der Waals surface area (Å²) in [6.07, 6.45) is 0. The molecule has 172 valence electrons. The van der Waals surface area contributed by atoms with Crippen LogP contribution in [-0.4, -0.2) is 17.2 Å². The third kappa shape index (κ3) is 2.73. The van der Waals surface area contributed by atoms with E-state index in [9.17, 15) is 10.0 Å². The zero-order valence-corrected chi connectivity index (χ0v) is 19.9. The molecule has 2 nitrogen and oxygen atoms in total. The number of rotatable bonds is 2. The summed E-state index contributed by atoms with van der Waals surface area (Å²) in [6, 6.07) is 40.4. The van der Waals surface area contributed by atoms with Crippen molar-refractivity contribution in [3.63, 3.8) is 0 Å². The molecule has 0 heterocycles. The van der Waals surface area contributed by atoms with E-state index in [0.29, 0.717) is 5.46 Å². The van der Waals surface area contributed by atoms with Crippen molar-refractivity contribution in [2.45, 2.75) is 0 Å². The maximum atomic E-state index is 10.4. The van der Waals surface area contributed by atoms with Gasteiger partial charge in [0.1, 0.15) is 0 Å². The standard InChI is InChI=1S/C34H21BO2/c36-35(37)34-29-12-3-1-10-25(29)33(26-11-2-4-13-30(26)34)28-19-18-27-22-15-6-9-20-8-5-14-21(31(20)22)23-16-7-17-24(28)32(23)27/h1-19,36-37H. The van der Waals surface area contributed by atoms with Crippen LogP contribution >= 0.6 is 0 Å². The molecule has 0 amide bonds. The fraction of sp³-hybridized carbons (Fsp3) is 0. The fourth-order valence-corrected chi connectivity index (χ4v) is 6.59. The van der Waals surface area contributed by atoms with Gasteiger partial charge in [-0.05, 0) is 81.2 Å². The Kier molecular flexibility index (Phi) is 4.22. The molecule has 3 heteroatoms. The van der Waals surface area contributed by atoms with Crippen LogP contribution in [-0.2, 0) is 0 Å². The summed E-state index contributed by atoms with van der Waals surface area (Å²) in [5.41, 5.74) is 2.83. The van der Waals surface area contributed by atoms with Crippen LogP contribution in [0, 0.1) is 0 Å². The molecule has 8 rings (SSSR count). The highest BCUT2D eigenvalue weighted by atomic mass is 16.4. The van der Waals surface area contributed by atoms with Gasteiger partial charge < -0.3 is 10.0 Å². The van der Waals surface area contributed by atoms with Crippen LogP contribution < -0.4 is 5.46 Å². The van der Waals surface area contributed by atoms with E-state index in [4.69, 9.17) is 0 Å². The topological polar surface area (TPSA) is 40.5 Å². The van der Waals surface area contributed by atoms with Crippen molar-refractivity contribution in [1.29, 1.82) is 0 Å². The van der Waals surface area contributed by atoms with Gasteiger partial charge in [-0.25, -0.2) is 0 Å². The molecule has 0 unspecified atom stereocenters. The van der Waals surface area contributed by atoms with E-state index in [1.807, 2.05) is 36.4 Å². The lowest BCUT2D eigenvalue weighted by atomic mass is 9.72. The van der Waals surface area contributed by atoms with E-state index in [1.165, 1.54) is 43.1 Å². The van der Waals surface area contributed by atoms with Crippen LogP contribution in [0.5, 0.6) is 0 Å². The number of fused-ring (bicyclic) bond motifs is 4. The van der Waals surface area contributed by atoms with E-state index in [0.717, 1.165) is 32.7 Å². The third-order valence-electron chi connectivity index (χ3n) is 8.03. The number of benzene rings is 8. The van der Waals surface area contributed by atoms with Crippen LogP contribution in [0.15, 0.2) is 115 Å². The highest BCUT2D eigenvalue weighted by molar-refractivity contribution is 6.66. The Morgan fingerprint density at radius 1 is 0.378 bits per heavy atom. The minimum atomic E-state index is -1.56. The lowest BCUT2D eigenvalue weighted by Crippen LogP contribution is -2.31. The first kappa shape index (κ1) is 20.7. The SMILES string of the molecule is OB(O)c1c2ccccc2c(-c2ccc3c4cccc5cccc(c6cccc2c63)c54)c2ccccc12. The highest BCUT2D eigenvalue weighted by Crippen LogP contribution is 2.45. The second-order valence-corrected chi connectivity index (χ2v) is 9.85. The van der Waals surface area contributed by atoms with Gasteiger partial charge in [0.2, 0.25) is 0 Å². The molecule has 8 aromatic rings. The van der Waals surface area contributed by atoms with E-state index >= 15 is 0 Å². The Hall–Kier alpha value is -4.44. The molecule has 0 bridgehead atoms. The lowest BCUT2D eigenvalue weighted by Gasteiger charge is -2.20.